The molecule has 2 aromatic heterocycles. The second kappa shape index (κ2) is 8.35. The number of hydrogen-bond acceptors (Lipinski definition) is 7. The van der Waals surface area contributed by atoms with Gasteiger partial charge >= 0.3 is 0 Å². The molecule has 0 radical (unpaired) electrons. The van der Waals surface area contributed by atoms with Crippen LogP contribution in [0.2, 0.25) is 0 Å². The molecule has 3 aromatic rings. The lowest BCUT2D eigenvalue weighted by Crippen LogP contribution is -2.30. The van der Waals surface area contributed by atoms with Gasteiger partial charge in [0.05, 0.1) is 5.39 Å². The van der Waals surface area contributed by atoms with Crippen LogP contribution < -0.4 is 22.2 Å². The minimum absolute atomic E-state index is 0.0129. The summed E-state index contributed by atoms with van der Waals surface area (Å²) in [4.78, 5) is 35.4. The number of fused-ring (bicyclic) bond motifs is 1. The van der Waals surface area contributed by atoms with Crippen molar-refractivity contribution in [3.05, 3.63) is 51.8 Å². The van der Waals surface area contributed by atoms with Gasteiger partial charge in [0.1, 0.15) is 11.4 Å². The van der Waals surface area contributed by atoms with Gasteiger partial charge in [0.15, 0.2) is 5.65 Å². The smallest absolute Gasteiger partial charge is 0.256 e. The molecule has 9 heteroatoms. The molecule has 1 saturated heterocycles. The number of amides is 1. The number of aryl methyl sites for hydroxylation is 1. The summed E-state index contributed by atoms with van der Waals surface area (Å²) >= 11 is 0. The Morgan fingerprint density at radius 3 is 2.68 bits per heavy atom. The molecular weight excluding hydrogens is 394 g/mol. The van der Waals surface area contributed by atoms with E-state index < -0.39 is 11.3 Å². The van der Waals surface area contributed by atoms with E-state index in [-0.39, 0.29) is 16.8 Å². The quantitative estimate of drug-likeness (QED) is 0.574. The number of carbonyl (C=O) groups excluding carboxylic acids is 1. The van der Waals surface area contributed by atoms with Gasteiger partial charge < -0.3 is 26.3 Å². The fourth-order valence-corrected chi connectivity index (χ4v) is 4.26. The third-order valence-electron chi connectivity index (χ3n) is 5.87. The molecular formula is C22H27N7O2. The number of likely N-dealkylation sites (N-methyl/N-ethyl adjacent to an activating group) is 1. The maximum absolute atomic E-state index is 12.6. The SMILES string of the molecule is CCn1c(N)c(C(N)=O)c(=O)c2cnc(Nc3ccc(C4CCCN(C)C4)cc3)nc21. The first-order valence-corrected chi connectivity index (χ1v) is 10.4. The van der Waals surface area contributed by atoms with E-state index in [1.165, 1.54) is 24.6 Å². The number of pyridine rings is 1. The monoisotopic (exact) mass is 421 g/mol. The first-order chi connectivity index (χ1) is 14.9. The molecule has 1 fully saturated rings. The molecule has 0 bridgehead atoms. The van der Waals surface area contributed by atoms with E-state index in [1.54, 1.807) is 4.57 Å². The number of hydrogen-bond donors (Lipinski definition) is 3. The lowest BCUT2D eigenvalue weighted by Gasteiger charge is -2.30. The van der Waals surface area contributed by atoms with Crippen molar-refractivity contribution in [2.24, 2.45) is 5.73 Å². The molecule has 9 nitrogen and oxygen atoms in total. The summed E-state index contributed by atoms with van der Waals surface area (Å²) in [7, 11) is 2.16. The van der Waals surface area contributed by atoms with Crippen LogP contribution in [0.1, 0.15) is 41.6 Å². The Labute approximate surface area is 180 Å². The molecule has 1 aliphatic rings. The summed E-state index contributed by atoms with van der Waals surface area (Å²) in [6, 6.07) is 8.28. The van der Waals surface area contributed by atoms with Gasteiger partial charge in [0.2, 0.25) is 11.4 Å². The van der Waals surface area contributed by atoms with Gasteiger partial charge in [-0.3, -0.25) is 9.59 Å². The topological polar surface area (TPSA) is 132 Å². The number of piperidine rings is 1. The van der Waals surface area contributed by atoms with Crippen LogP contribution in [0.4, 0.5) is 17.5 Å². The molecule has 0 aliphatic carbocycles. The molecule has 1 atom stereocenters. The highest BCUT2D eigenvalue weighted by atomic mass is 16.2. The van der Waals surface area contributed by atoms with Gasteiger partial charge in [0.25, 0.3) is 5.91 Å². The molecule has 1 amide bonds. The van der Waals surface area contributed by atoms with Crippen LogP contribution >= 0.6 is 0 Å². The second-order valence-corrected chi connectivity index (χ2v) is 7.98. The van der Waals surface area contributed by atoms with E-state index in [2.05, 4.69) is 39.4 Å². The van der Waals surface area contributed by atoms with Gasteiger partial charge in [-0.1, -0.05) is 12.1 Å². The lowest BCUT2D eigenvalue weighted by atomic mass is 9.91. The van der Waals surface area contributed by atoms with Crippen LogP contribution in [0.15, 0.2) is 35.3 Å². The fourth-order valence-electron chi connectivity index (χ4n) is 4.26. The predicted octanol–water partition coefficient (Wildman–Crippen LogP) is 2.05. The molecule has 0 spiro atoms. The number of primary amides is 1. The number of nitrogens with one attached hydrogen (secondary N) is 1. The van der Waals surface area contributed by atoms with Crippen molar-refractivity contribution in [2.75, 3.05) is 31.2 Å². The first-order valence-electron chi connectivity index (χ1n) is 10.4. The van der Waals surface area contributed by atoms with Crippen molar-refractivity contribution >= 4 is 34.4 Å². The summed E-state index contributed by atoms with van der Waals surface area (Å²) in [5.41, 5.74) is 13.1. The lowest BCUT2D eigenvalue weighted by molar-refractivity contribution is 0.1000. The molecule has 31 heavy (non-hydrogen) atoms. The molecule has 4 rings (SSSR count). The summed E-state index contributed by atoms with van der Waals surface area (Å²) in [6.45, 7) is 4.50. The van der Waals surface area contributed by atoms with Crippen molar-refractivity contribution < 1.29 is 4.79 Å². The predicted molar refractivity (Wildman–Crippen MR) is 122 cm³/mol. The Kier molecular flexibility index (Phi) is 5.60. The zero-order valence-electron chi connectivity index (χ0n) is 17.8. The molecule has 1 unspecified atom stereocenters. The zero-order chi connectivity index (χ0) is 22.1. The Morgan fingerprint density at radius 1 is 1.29 bits per heavy atom. The van der Waals surface area contributed by atoms with E-state index in [1.807, 2.05) is 19.1 Å². The number of nitrogens with two attached hydrogens (primary N) is 2. The number of carbonyl (C=O) groups is 1. The molecule has 5 N–H and O–H groups in total. The Balaban J connectivity index is 1.64. The average Bonchev–Trinajstić information content (AvgIpc) is 2.74. The number of nitrogens with zero attached hydrogens (tertiary/aromatic N) is 4. The van der Waals surface area contributed by atoms with Crippen LogP contribution in [0.3, 0.4) is 0 Å². The summed E-state index contributed by atoms with van der Waals surface area (Å²) in [5, 5.41) is 3.38. The average molecular weight is 422 g/mol. The van der Waals surface area contributed by atoms with Crippen LogP contribution in [-0.4, -0.2) is 45.5 Å². The van der Waals surface area contributed by atoms with Crippen molar-refractivity contribution in [1.29, 1.82) is 0 Å². The summed E-state index contributed by atoms with van der Waals surface area (Å²) in [5.74, 6) is 0.0358. The van der Waals surface area contributed by atoms with Crippen LogP contribution in [0.25, 0.3) is 11.0 Å². The van der Waals surface area contributed by atoms with Crippen molar-refractivity contribution in [3.63, 3.8) is 0 Å². The Bertz CT molecular complexity index is 1190. The number of likely N-dealkylation sites (tertiary alicyclic amines) is 1. The largest absolute Gasteiger partial charge is 0.384 e. The minimum Gasteiger partial charge on any atom is -0.384 e. The van der Waals surface area contributed by atoms with Crippen molar-refractivity contribution in [2.45, 2.75) is 32.2 Å². The minimum atomic E-state index is -0.863. The van der Waals surface area contributed by atoms with E-state index in [0.29, 0.717) is 24.1 Å². The van der Waals surface area contributed by atoms with Crippen LogP contribution in [0, 0.1) is 0 Å². The second-order valence-electron chi connectivity index (χ2n) is 7.98. The van der Waals surface area contributed by atoms with Crippen molar-refractivity contribution in [3.8, 4) is 0 Å². The number of anilines is 3. The Hall–Kier alpha value is -3.46. The normalized spacial score (nSPS) is 17.0. The number of rotatable bonds is 5. The maximum atomic E-state index is 12.6. The van der Waals surface area contributed by atoms with Crippen LogP contribution in [0.5, 0.6) is 0 Å². The van der Waals surface area contributed by atoms with E-state index in [4.69, 9.17) is 11.5 Å². The number of nitrogen functional groups attached to an aromatic ring is 1. The van der Waals surface area contributed by atoms with Gasteiger partial charge in [0, 0.05) is 25.0 Å². The highest BCUT2D eigenvalue weighted by Crippen LogP contribution is 2.27. The van der Waals surface area contributed by atoms with Gasteiger partial charge in [-0.25, -0.2) is 4.98 Å². The van der Waals surface area contributed by atoms with Gasteiger partial charge in [-0.05, 0) is 57.0 Å². The third-order valence-corrected chi connectivity index (χ3v) is 5.87. The molecule has 162 valence electrons. The highest BCUT2D eigenvalue weighted by molar-refractivity contribution is 6.00. The summed E-state index contributed by atoms with van der Waals surface area (Å²) < 4.78 is 1.59. The summed E-state index contributed by atoms with van der Waals surface area (Å²) in [6.07, 6.45) is 3.82. The third kappa shape index (κ3) is 3.96. The molecule has 1 aliphatic heterocycles. The zero-order valence-corrected chi connectivity index (χ0v) is 17.8. The van der Waals surface area contributed by atoms with Crippen LogP contribution in [-0.2, 0) is 6.54 Å². The first kappa shape index (κ1) is 20.8. The Morgan fingerprint density at radius 2 is 2.03 bits per heavy atom. The molecule has 1 aromatic carbocycles. The maximum Gasteiger partial charge on any atom is 0.256 e. The van der Waals surface area contributed by atoms with Gasteiger partial charge in [-0.15, -0.1) is 0 Å². The highest BCUT2D eigenvalue weighted by Gasteiger charge is 2.20. The van der Waals surface area contributed by atoms with E-state index in [9.17, 15) is 9.59 Å². The standard InChI is InChI=1S/C22H27N7O2/c1-3-29-19(23)17(20(24)31)18(30)16-11-25-22(27-21(16)29)26-15-8-6-13(7-9-15)14-5-4-10-28(2)12-14/h6-9,11,14H,3-5,10,12,23H2,1-2H3,(H2,24,31)(H,25,26,27). The van der Waals surface area contributed by atoms with Crippen molar-refractivity contribution in [1.82, 2.24) is 19.4 Å². The van der Waals surface area contributed by atoms with E-state index in [0.717, 1.165) is 18.8 Å². The van der Waals surface area contributed by atoms with Gasteiger partial charge in [-0.2, -0.15) is 4.98 Å². The fraction of sp³-hybridized carbons (Fsp3) is 0.364. The molecule has 0 saturated carbocycles. The number of aromatic nitrogens is 3. The number of benzene rings is 1. The van der Waals surface area contributed by atoms with E-state index >= 15 is 0 Å². The molecule has 3 heterocycles.